The number of aliphatic hydroxyl groups excluding tert-OH is 1. The first-order valence-electron chi connectivity index (χ1n) is 7.78. The van der Waals surface area contributed by atoms with Crippen LogP contribution < -0.4 is 0 Å². The number of hydrogen-bond acceptors (Lipinski definition) is 2. The molecule has 0 amide bonds. The van der Waals surface area contributed by atoms with Gasteiger partial charge in [0.1, 0.15) is 0 Å². The highest BCUT2D eigenvalue weighted by molar-refractivity contribution is 4.88. The Bertz CT molecular complexity index is 274. The summed E-state index contributed by atoms with van der Waals surface area (Å²) in [4.78, 5) is 2.60. The average Bonchev–Trinajstić information content (AvgIpc) is 2.72. The van der Waals surface area contributed by atoms with Gasteiger partial charge >= 0.3 is 0 Å². The number of rotatable bonds is 3. The van der Waals surface area contributed by atoms with E-state index >= 15 is 0 Å². The summed E-state index contributed by atoms with van der Waals surface area (Å²) in [6, 6.07) is 0. The first kappa shape index (κ1) is 14.3. The van der Waals surface area contributed by atoms with Gasteiger partial charge in [-0.25, -0.2) is 0 Å². The molecule has 0 bridgehead atoms. The van der Waals surface area contributed by atoms with E-state index in [0.29, 0.717) is 11.3 Å². The average molecular weight is 253 g/mol. The van der Waals surface area contributed by atoms with Gasteiger partial charge in [-0.2, -0.15) is 0 Å². The van der Waals surface area contributed by atoms with E-state index in [4.69, 9.17) is 0 Å². The molecule has 3 unspecified atom stereocenters. The first-order chi connectivity index (χ1) is 8.37. The minimum Gasteiger partial charge on any atom is -0.393 e. The summed E-state index contributed by atoms with van der Waals surface area (Å²) in [6.45, 7) is 13.0. The summed E-state index contributed by atoms with van der Waals surface area (Å²) in [5, 5.41) is 10.2. The molecule has 1 saturated carbocycles. The lowest BCUT2D eigenvalue weighted by atomic mass is 9.71. The lowest BCUT2D eigenvalue weighted by Crippen LogP contribution is -2.40. The summed E-state index contributed by atoms with van der Waals surface area (Å²) in [5.41, 5.74) is 0.432. The molecule has 2 nitrogen and oxygen atoms in total. The van der Waals surface area contributed by atoms with Gasteiger partial charge in [-0.05, 0) is 55.4 Å². The molecule has 2 fully saturated rings. The normalized spacial score (nSPS) is 37.3. The van der Waals surface area contributed by atoms with Crippen molar-refractivity contribution in [1.82, 2.24) is 4.90 Å². The molecule has 0 aromatic rings. The van der Waals surface area contributed by atoms with Crippen LogP contribution in [-0.2, 0) is 0 Å². The lowest BCUT2D eigenvalue weighted by molar-refractivity contribution is 0.00671. The molecule has 0 aromatic carbocycles. The zero-order valence-electron chi connectivity index (χ0n) is 12.7. The Morgan fingerprint density at radius 2 is 2.00 bits per heavy atom. The fourth-order valence-electron chi connectivity index (χ4n) is 3.81. The maximum Gasteiger partial charge on any atom is 0.0581 e. The molecule has 0 spiro atoms. The Morgan fingerprint density at radius 1 is 1.28 bits per heavy atom. The van der Waals surface area contributed by atoms with Crippen LogP contribution >= 0.6 is 0 Å². The number of aliphatic hydroxyl groups is 1. The molecule has 1 saturated heterocycles. The van der Waals surface area contributed by atoms with E-state index in [1.165, 1.54) is 32.4 Å². The smallest absolute Gasteiger partial charge is 0.0581 e. The predicted molar refractivity (Wildman–Crippen MR) is 76.5 cm³/mol. The van der Waals surface area contributed by atoms with Crippen molar-refractivity contribution in [2.45, 2.75) is 59.5 Å². The van der Waals surface area contributed by atoms with Gasteiger partial charge < -0.3 is 10.0 Å². The van der Waals surface area contributed by atoms with E-state index in [0.717, 1.165) is 24.8 Å². The highest BCUT2D eigenvalue weighted by Gasteiger charge is 2.36. The number of likely N-dealkylation sites (tertiary alicyclic amines) is 1. The van der Waals surface area contributed by atoms with E-state index in [1.807, 2.05) is 0 Å². The third kappa shape index (κ3) is 3.48. The largest absolute Gasteiger partial charge is 0.393 e. The van der Waals surface area contributed by atoms with E-state index in [2.05, 4.69) is 32.6 Å². The molecule has 0 radical (unpaired) electrons. The summed E-state index contributed by atoms with van der Waals surface area (Å²) >= 11 is 0. The van der Waals surface area contributed by atoms with Crippen molar-refractivity contribution in [3.05, 3.63) is 0 Å². The van der Waals surface area contributed by atoms with E-state index in [1.54, 1.807) is 0 Å². The van der Waals surface area contributed by atoms with Crippen molar-refractivity contribution < 1.29 is 5.11 Å². The Hall–Kier alpha value is -0.0800. The van der Waals surface area contributed by atoms with Crippen molar-refractivity contribution in [2.24, 2.45) is 23.2 Å². The van der Waals surface area contributed by atoms with Crippen LogP contribution in [-0.4, -0.2) is 35.7 Å². The molecular formula is C16H31NO. The Labute approximate surface area is 113 Å². The van der Waals surface area contributed by atoms with E-state index in [9.17, 15) is 5.11 Å². The molecule has 1 aliphatic heterocycles. The summed E-state index contributed by atoms with van der Waals surface area (Å²) < 4.78 is 0. The molecule has 106 valence electrons. The maximum atomic E-state index is 10.2. The van der Waals surface area contributed by atoms with Crippen LogP contribution in [0.4, 0.5) is 0 Å². The minimum absolute atomic E-state index is 0.0591. The molecule has 18 heavy (non-hydrogen) atoms. The summed E-state index contributed by atoms with van der Waals surface area (Å²) in [7, 11) is 0. The molecule has 1 N–H and O–H groups in total. The molecule has 2 heteroatoms. The first-order valence-corrected chi connectivity index (χ1v) is 7.78. The minimum atomic E-state index is -0.0591. The van der Waals surface area contributed by atoms with Crippen molar-refractivity contribution in [3.63, 3.8) is 0 Å². The standard InChI is InChI=1S/C16H31NO/c1-12(2)13-6-8-17(10-13)11-14-9-16(3,4)7-5-15(14)18/h12-15,18H,5-11H2,1-4H3. The molecule has 1 heterocycles. The van der Waals surface area contributed by atoms with Crippen molar-refractivity contribution in [2.75, 3.05) is 19.6 Å². The van der Waals surface area contributed by atoms with Gasteiger partial charge in [0.15, 0.2) is 0 Å². The molecule has 0 aromatic heterocycles. The highest BCUT2D eigenvalue weighted by atomic mass is 16.3. The van der Waals surface area contributed by atoms with E-state index < -0.39 is 0 Å². The fraction of sp³-hybridized carbons (Fsp3) is 1.00. The maximum absolute atomic E-state index is 10.2. The van der Waals surface area contributed by atoms with Gasteiger partial charge in [0.25, 0.3) is 0 Å². The molecular weight excluding hydrogens is 222 g/mol. The third-order valence-electron chi connectivity index (χ3n) is 5.22. The molecule has 1 aliphatic carbocycles. The molecule has 2 aliphatic rings. The summed E-state index contributed by atoms with van der Waals surface area (Å²) in [5.74, 6) is 2.18. The number of hydrogen-bond donors (Lipinski definition) is 1. The Kier molecular flexibility index (Phi) is 4.38. The van der Waals surface area contributed by atoms with Crippen molar-refractivity contribution in [3.8, 4) is 0 Å². The summed E-state index contributed by atoms with van der Waals surface area (Å²) in [6.07, 6.45) is 4.66. The highest BCUT2D eigenvalue weighted by Crippen LogP contribution is 2.39. The van der Waals surface area contributed by atoms with Gasteiger partial charge in [-0.3, -0.25) is 0 Å². The Morgan fingerprint density at radius 3 is 2.61 bits per heavy atom. The van der Waals surface area contributed by atoms with Gasteiger partial charge in [-0.15, -0.1) is 0 Å². The van der Waals surface area contributed by atoms with Gasteiger partial charge in [0.05, 0.1) is 6.10 Å². The molecule has 2 rings (SSSR count). The van der Waals surface area contributed by atoms with Crippen molar-refractivity contribution >= 4 is 0 Å². The topological polar surface area (TPSA) is 23.5 Å². The monoisotopic (exact) mass is 253 g/mol. The SMILES string of the molecule is CC(C)C1CCN(CC2CC(C)(C)CCC2O)C1. The molecule has 3 atom stereocenters. The van der Waals surface area contributed by atoms with E-state index in [-0.39, 0.29) is 6.10 Å². The van der Waals surface area contributed by atoms with Gasteiger partial charge in [-0.1, -0.05) is 27.7 Å². The van der Waals surface area contributed by atoms with Crippen LogP contribution in [0.2, 0.25) is 0 Å². The lowest BCUT2D eigenvalue weighted by Gasteiger charge is -2.40. The second-order valence-electron chi connectivity index (χ2n) is 7.79. The van der Waals surface area contributed by atoms with Gasteiger partial charge in [0.2, 0.25) is 0 Å². The second-order valence-corrected chi connectivity index (χ2v) is 7.79. The zero-order chi connectivity index (χ0) is 13.3. The number of nitrogens with zero attached hydrogens (tertiary/aromatic N) is 1. The fourth-order valence-corrected chi connectivity index (χ4v) is 3.81. The van der Waals surface area contributed by atoms with Gasteiger partial charge in [0, 0.05) is 13.1 Å². The van der Waals surface area contributed by atoms with Crippen LogP contribution in [0.15, 0.2) is 0 Å². The van der Waals surface area contributed by atoms with Crippen molar-refractivity contribution in [1.29, 1.82) is 0 Å². The van der Waals surface area contributed by atoms with Crippen LogP contribution in [0.3, 0.4) is 0 Å². The van der Waals surface area contributed by atoms with Crippen LogP contribution in [0.25, 0.3) is 0 Å². The predicted octanol–water partition coefficient (Wildman–Crippen LogP) is 3.15. The van der Waals surface area contributed by atoms with Crippen LogP contribution in [0.1, 0.15) is 53.4 Å². The van der Waals surface area contributed by atoms with Crippen LogP contribution in [0, 0.1) is 23.2 Å². The zero-order valence-corrected chi connectivity index (χ0v) is 12.7. The Balaban J connectivity index is 1.85. The van der Waals surface area contributed by atoms with Crippen LogP contribution in [0.5, 0.6) is 0 Å². The quantitative estimate of drug-likeness (QED) is 0.835. The third-order valence-corrected chi connectivity index (χ3v) is 5.22. The second kappa shape index (κ2) is 5.50.